The van der Waals surface area contributed by atoms with Crippen LogP contribution in [0.3, 0.4) is 0 Å². The number of amides is 1. The average Bonchev–Trinajstić information content (AvgIpc) is 2.30. The van der Waals surface area contributed by atoms with Crippen LogP contribution in [0.15, 0.2) is 18.5 Å². The molecule has 17 heavy (non-hydrogen) atoms. The Labute approximate surface area is 100 Å². The monoisotopic (exact) mass is 240 g/mol. The number of pyridine rings is 1. The summed E-state index contributed by atoms with van der Waals surface area (Å²) in [7, 11) is 1.57. The number of carbonyl (C=O) groups excluding carboxylic acids is 1. The second-order valence-electron chi connectivity index (χ2n) is 3.75. The molecule has 0 aliphatic rings. The number of nitrogens with zero attached hydrogens (tertiary/aromatic N) is 2. The SMILES string of the molecule is CCN(C(=O)c1ccncc1F)C(C)COC. The zero-order valence-electron chi connectivity index (χ0n) is 10.3. The first-order valence-corrected chi connectivity index (χ1v) is 5.51. The molecule has 0 saturated carbocycles. The van der Waals surface area contributed by atoms with E-state index in [9.17, 15) is 9.18 Å². The second kappa shape index (κ2) is 6.30. The number of hydrogen-bond donors (Lipinski definition) is 0. The zero-order chi connectivity index (χ0) is 12.8. The van der Waals surface area contributed by atoms with Gasteiger partial charge in [-0.2, -0.15) is 0 Å². The van der Waals surface area contributed by atoms with Crippen molar-refractivity contribution in [1.82, 2.24) is 9.88 Å². The number of hydrogen-bond acceptors (Lipinski definition) is 3. The third-order valence-electron chi connectivity index (χ3n) is 2.54. The van der Waals surface area contributed by atoms with Gasteiger partial charge in [-0.15, -0.1) is 0 Å². The Hall–Kier alpha value is -1.49. The Morgan fingerprint density at radius 2 is 2.35 bits per heavy atom. The number of aromatic nitrogens is 1. The number of rotatable bonds is 5. The van der Waals surface area contributed by atoms with Gasteiger partial charge in [-0.3, -0.25) is 9.78 Å². The van der Waals surface area contributed by atoms with Crippen LogP contribution in [0.1, 0.15) is 24.2 Å². The lowest BCUT2D eigenvalue weighted by molar-refractivity contribution is 0.0574. The second-order valence-corrected chi connectivity index (χ2v) is 3.75. The zero-order valence-corrected chi connectivity index (χ0v) is 10.3. The normalized spacial score (nSPS) is 12.2. The van der Waals surface area contributed by atoms with Crippen molar-refractivity contribution >= 4 is 5.91 Å². The number of likely N-dealkylation sites (N-methyl/N-ethyl adjacent to an activating group) is 1. The van der Waals surface area contributed by atoms with Crippen LogP contribution in [0, 0.1) is 5.82 Å². The molecule has 0 aromatic carbocycles. The van der Waals surface area contributed by atoms with E-state index in [4.69, 9.17) is 4.74 Å². The van der Waals surface area contributed by atoms with Crippen LogP contribution in [-0.4, -0.2) is 42.1 Å². The lowest BCUT2D eigenvalue weighted by atomic mass is 10.2. The molecule has 1 heterocycles. The highest BCUT2D eigenvalue weighted by atomic mass is 19.1. The molecule has 4 nitrogen and oxygen atoms in total. The summed E-state index contributed by atoms with van der Waals surface area (Å²) in [5, 5.41) is 0. The quantitative estimate of drug-likeness (QED) is 0.787. The van der Waals surface area contributed by atoms with Crippen LogP contribution < -0.4 is 0 Å². The number of methoxy groups -OCH3 is 1. The first-order chi connectivity index (χ1) is 8.11. The van der Waals surface area contributed by atoms with Gasteiger partial charge in [0.1, 0.15) is 0 Å². The molecule has 0 spiro atoms. The summed E-state index contributed by atoms with van der Waals surface area (Å²) in [6.45, 7) is 4.64. The summed E-state index contributed by atoms with van der Waals surface area (Å²) in [5.41, 5.74) is 0.0461. The molecule has 0 radical (unpaired) electrons. The standard InChI is InChI=1S/C12H17FN2O2/c1-4-15(9(2)8-17-3)12(16)10-5-6-14-7-11(10)13/h5-7,9H,4,8H2,1-3H3. The van der Waals surface area contributed by atoms with Crippen LogP contribution in [0.4, 0.5) is 4.39 Å². The minimum absolute atomic E-state index is 0.0461. The molecule has 1 unspecified atom stereocenters. The minimum atomic E-state index is -0.597. The van der Waals surface area contributed by atoms with E-state index in [0.717, 1.165) is 6.20 Å². The Morgan fingerprint density at radius 3 is 2.88 bits per heavy atom. The summed E-state index contributed by atoms with van der Waals surface area (Å²) >= 11 is 0. The van der Waals surface area contributed by atoms with E-state index in [-0.39, 0.29) is 17.5 Å². The third-order valence-corrected chi connectivity index (χ3v) is 2.54. The van der Waals surface area contributed by atoms with Crippen LogP contribution in [0.25, 0.3) is 0 Å². The van der Waals surface area contributed by atoms with E-state index in [2.05, 4.69) is 4.98 Å². The van der Waals surface area contributed by atoms with E-state index in [1.54, 1.807) is 12.0 Å². The largest absolute Gasteiger partial charge is 0.383 e. The van der Waals surface area contributed by atoms with E-state index in [1.807, 2.05) is 13.8 Å². The van der Waals surface area contributed by atoms with Gasteiger partial charge in [0.05, 0.1) is 24.4 Å². The smallest absolute Gasteiger partial charge is 0.257 e. The van der Waals surface area contributed by atoms with Crippen LogP contribution >= 0.6 is 0 Å². The van der Waals surface area contributed by atoms with Gasteiger partial charge in [0.15, 0.2) is 5.82 Å². The lowest BCUT2D eigenvalue weighted by Gasteiger charge is -2.27. The molecule has 1 aromatic heterocycles. The number of ether oxygens (including phenoxy) is 1. The number of halogens is 1. The lowest BCUT2D eigenvalue weighted by Crippen LogP contribution is -2.41. The van der Waals surface area contributed by atoms with Crippen LogP contribution in [0.2, 0.25) is 0 Å². The summed E-state index contributed by atoms with van der Waals surface area (Å²) in [6.07, 6.45) is 2.45. The Bertz CT molecular complexity index is 385. The van der Waals surface area contributed by atoms with Crippen molar-refractivity contribution in [3.8, 4) is 0 Å². The van der Waals surface area contributed by atoms with E-state index in [1.165, 1.54) is 12.3 Å². The van der Waals surface area contributed by atoms with Crippen LogP contribution in [-0.2, 0) is 4.74 Å². The van der Waals surface area contributed by atoms with Gasteiger partial charge < -0.3 is 9.64 Å². The van der Waals surface area contributed by atoms with Gasteiger partial charge >= 0.3 is 0 Å². The fourth-order valence-corrected chi connectivity index (χ4v) is 1.69. The molecule has 94 valence electrons. The topological polar surface area (TPSA) is 42.4 Å². The highest BCUT2D eigenvalue weighted by Gasteiger charge is 2.22. The fraction of sp³-hybridized carbons (Fsp3) is 0.500. The van der Waals surface area contributed by atoms with Crippen LogP contribution in [0.5, 0.6) is 0 Å². The molecule has 0 bridgehead atoms. The van der Waals surface area contributed by atoms with Crippen molar-refractivity contribution in [2.75, 3.05) is 20.3 Å². The van der Waals surface area contributed by atoms with Crippen molar-refractivity contribution in [3.63, 3.8) is 0 Å². The molecule has 0 fully saturated rings. The Kier molecular flexibility index (Phi) is 5.03. The van der Waals surface area contributed by atoms with E-state index in [0.29, 0.717) is 13.2 Å². The number of carbonyl (C=O) groups is 1. The third kappa shape index (κ3) is 3.23. The van der Waals surface area contributed by atoms with Gasteiger partial charge in [-0.05, 0) is 19.9 Å². The molecule has 0 aliphatic heterocycles. The molecule has 0 aliphatic carbocycles. The van der Waals surface area contributed by atoms with E-state index < -0.39 is 5.82 Å². The van der Waals surface area contributed by atoms with Gasteiger partial charge in [-0.25, -0.2) is 4.39 Å². The predicted molar refractivity (Wildman–Crippen MR) is 62.2 cm³/mol. The Morgan fingerprint density at radius 1 is 1.65 bits per heavy atom. The molecule has 1 rings (SSSR count). The highest BCUT2D eigenvalue weighted by Crippen LogP contribution is 2.11. The van der Waals surface area contributed by atoms with Crippen molar-refractivity contribution < 1.29 is 13.9 Å². The minimum Gasteiger partial charge on any atom is -0.383 e. The molecule has 1 amide bonds. The maximum Gasteiger partial charge on any atom is 0.257 e. The molecule has 0 saturated heterocycles. The van der Waals surface area contributed by atoms with Crippen molar-refractivity contribution in [3.05, 3.63) is 29.8 Å². The molecular formula is C12H17FN2O2. The molecule has 5 heteroatoms. The predicted octanol–water partition coefficient (Wildman–Crippen LogP) is 1.72. The summed E-state index contributed by atoms with van der Waals surface area (Å²) in [6, 6.07) is 1.30. The summed E-state index contributed by atoms with van der Waals surface area (Å²) in [5.74, 6) is -0.933. The van der Waals surface area contributed by atoms with Gasteiger partial charge in [0.25, 0.3) is 5.91 Å². The maximum atomic E-state index is 13.4. The molecular weight excluding hydrogens is 223 g/mol. The van der Waals surface area contributed by atoms with Crippen molar-refractivity contribution in [2.45, 2.75) is 19.9 Å². The van der Waals surface area contributed by atoms with Gasteiger partial charge in [0.2, 0.25) is 0 Å². The fourth-order valence-electron chi connectivity index (χ4n) is 1.69. The van der Waals surface area contributed by atoms with E-state index >= 15 is 0 Å². The first kappa shape index (κ1) is 13.6. The Balaban J connectivity index is 2.90. The molecule has 1 aromatic rings. The van der Waals surface area contributed by atoms with Crippen molar-refractivity contribution in [2.24, 2.45) is 0 Å². The van der Waals surface area contributed by atoms with Crippen molar-refractivity contribution in [1.29, 1.82) is 0 Å². The first-order valence-electron chi connectivity index (χ1n) is 5.51. The maximum absolute atomic E-state index is 13.4. The van der Waals surface area contributed by atoms with Gasteiger partial charge in [0, 0.05) is 19.9 Å². The average molecular weight is 240 g/mol. The molecule has 0 N–H and O–H groups in total. The highest BCUT2D eigenvalue weighted by molar-refractivity contribution is 5.94. The summed E-state index contributed by atoms with van der Waals surface area (Å²) < 4.78 is 18.4. The molecule has 1 atom stereocenters. The summed E-state index contributed by atoms with van der Waals surface area (Å²) in [4.78, 5) is 17.3. The van der Waals surface area contributed by atoms with Gasteiger partial charge in [-0.1, -0.05) is 0 Å².